The molecule has 7 nitrogen and oxygen atoms in total. The molecule has 4 atom stereocenters. The summed E-state index contributed by atoms with van der Waals surface area (Å²) in [5.41, 5.74) is 4.66. The quantitative estimate of drug-likeness (QED) is 0.386. The van der Waals surface area contributed by atoms with Gasteiger partial charge in [-0.25, -0.2) is 0 Å². The molecule has 0 radical (unpaired) electrons. The van der Waals surface area contributed by atoms with Gasteiger partial charge < -0.3 is 24.8 Å². The van der Waals surface area contributed by atoms with Crippen LogP contribution >= 0.6 is 0 Å². The number of anilines is 1. The van der Waals surface area contributed by atoms with E-state index in [0.717, 1.165) is 34.4 Å². The highest BCUT2D eigenvalue weighted by Gasteiger charge is 2.40. The molecule has 2 heterocycles. The summed E-state index contributed by atoms with van der Waals surface area (Å²) in [4.78, 5) is 28.7. The predicted molar refractivity (Wildman–Crippen MR) is 156 cm³/mol. The highest BCUT2D eigenvalue weighted by molar-refractivity contribution is 5.97. The summed E-state index contributed by atoms with van der Waals surface area (Å²) in [6.07, 6.45) is 0.736. The third kappa shape index (κ3) is 5.82. The standard InChI is InChI=1S/C33H38N2O5/c1-3-35(25-14-15-31-27(18-25)26(13-8-16-39-2)30(37)21-40-31)33(38)28-19-34-20-29(36)32(28)24-12-7-11-23(17-24)22-9-5-4-6-10-22/h4-7,9-12,14-15,17-18,26,28-29,32,34,36H,3,8,13,16,19-21H2,1-2H3/t26?,28-,29+,32+/m0/s1. The van der Waals surface area contributed by atoms with E-state index in [1.807, 2.05) is 55.5 Å². The van der Waals surface area contributed by atoms with Crippen LogP contribution < -0.4 is 15.0 Å². The normalized spacial score (nSPS) is 22.3. The Hall–Kier alpha value is -3.52. The second-order valence-corrected chi connectivity index (χ2v) is 10.6. The van der Waals surface area contributed by atoms with Crippen molar-refractivity contribution in [3.05, 3.63) is 83.9 Å². The van der Waals surface area contributed by atoms with Crippen molar-refractivity contribution in [3.63, 3.8) is 0 Å². The number of carbonyl (C=O) groups is 2. The van der Waals surface area contributed by atoms with Crippen LogP contribution in [0.15, 0.2) is 72.8 Å². The predicted octanol–water partition coefficient (Wildman–Crippen LogP) is 4.54. The fourth-order valence-corrected chi connectivity index (χ4v) is 6.10. The Kier molecular flexibility index (Phi) is 8.94. The fourth-order valence-electron chi connectivity index (χ4n) is 6.10. The van der Waals surface area contributed by atoms with Gasteiger partial charge in [-0.2, -0.15) is 0 Å². The number of aliphatic hydroxyl groups is 1. The number of fused-ring (bicyclic) bond motifs is 1. The number of hydrogen-bond donors (Lipinski definition) is 2. The SMILES string of the molecule is CCN(C(=O)[C@H]1CNC[C@@H](O)[C@@H]1c1cccc(-c2ccccc2)c1)c1ccc2c(c1)C(CCCOC)C(=O)CO2. The molecule has 40 heavy (non-hydrogen) atoms. The number of rotatable bonds is 9. The van der Waals surface area contributed by atoms with E-state index in [-0.39, 0.29) is 30.1 Å². The number of hydrogen-bond acceptors (Lipinski definition) is 6. The Morgan fingerprint density at radius 2 is 1.85 bits per heavy atom. The minimum Gasteiger partial charge on any atom is -0.486 e. The molecule has 1 amide bonds. The lowest BCUT2D eigenvalue weighted by molar-refractivity contribution is -0.125. The van der Waals surface area contributed by atoms with Crippen molar-refractivity contribution >= 4 is 17.4 Å². The topological polar surface area (TPSA) is 88.1 Å². The van der Waals surface area contributed by atoms with Gasteiger partial charge >= 0.3 is 0 Å². The number of ether oxygens (including phenoxy) is 2. The Balaban J connectivity index is 1.44. The first-order chi connectivity index (χ1) is 19.5. The summed E-state index contributed by atoms with van der Waals surface area (Å²) in [5.74, 6) is -0.397. The number of amides is 1. The molecule has 0 aliphatic carbocycles. The van der Waals surface area contributed by atoms with Crippen LogP contribution in [0, 0.1) is 5.92 Å². The summed E-state index contributed by atoms with van der Waals surface area (Å²) in [6, 6.07) is 24.0. The van der Waals surface area contributed by atoms with Gasteiger partial charge in [0.05, 0.1) is 17.9 Å². The summed E-state index contributed by atoms with van der Waals surface area (Å²) in [7, 11) is 1.66. The maximum atomic E-state index is 14.2. The van der Waals surface area contributed by atoms with Gasteiger partial charge in [0.25, 0.3) is 0 Å². The first-order valence-corrected chi connectivity index (χ1v) is 14.2. The van der Waals surface area contributed by atoms with E-state index in [1.54, 1.807) is 12.0 Å². The second kappa shape index (κ2) is 12.8. The molecular weight excluding hydrogens is 504 g/mol. The van der Waals surface area contributed by atoms with Crippen LogP contribution in [0.1, 0.15) is 42.7 Å². The molecular formula is C33H38N2O5. The van der Waals surface area contributed by atoms with Crippen molar-refractivity contribution in [1.82, 2.24) is 5.32 Å². The zero-order valence-electron chi connectivity index (χ0n) is 23.2. The summed E-state index contributed by atoms with van der Waals surface area (Å²) >= 11 is 0. The Morgan fingerprint density at radius 3 is 2.62 bits per heavy atom. The molecule has 5 rings (SSSR count). The lowest BCUT2D eigenvalue weighted by atomic mass is 9.77. The molecule has 3 aromatic rings. The van der Waals surface area contributed by atoms with Crippen LogP contribution in [-0.2, 0) is 14.3 Å². The number of benzene rings is 3. The molecule has 1 unspecified atom stereocenters. The maximum absolute atomic E-state index is 14.2. The zero-order chi connectivity index (χ0) is 28.1. The van der Waals surface area contributed by atoms with Gasteiger partial charge in [-0.05, 0) is 54.7 Å². The number of piperidine rings is 1. The molecule has 2 N–H and O–H groups in total. The van der Waals surface area contributed by atoms with E-state index in [9.17, 15) is 14.7 Å². The van der Waals surface area contributed by atoms with Gasteiger partial charge in [-0.1, -0.05) is 54.6 Å². The van der Waals surface area contributed by atoms with Crippen LogP contribution in [-0.4, -0.2) is 62.9 Å². The Labute approximate surface area is 236 Å². The molecule has 3 aromatic carbocycles. The molecule has 0 spiro atoms. The van der Waals surface area contributed by atoms with Crippen LogP contribution in [0.3, 0.4) is 0 Å². The minimum atomic E-state index is -0.702. The molecule has 2 aliphatic rings. The van der Waals surface area contributed by atoms with Gasteiger partial charge in [-0.3, -0.25) is 9.59 Å². The third-order valence-corrected chi connectivity index (χ3v) is 8.12. The van der Waals surface area contributed by atoms with Gasteiger partial charge in [0, 0.05) is 50.5 Å². The van der Waals surface area contributed by atoms with Crippen molar-refractivity contribution < 1.29 is 24.2 Å². The summed E-state index contributed by atoms with van der Waals surface area (Å²) in [5, 5.41) is 14.4. The smallest absolute Gasteiger partial charge is 0.232 e. The van der Waals surface area contributed by atoms with Crippen molar-refractivity contribution in [1.29, 1.82) is 0 Å². The molecule has 7 heteroatoms. The van der Waals surface area contributed by atoms with Gasteiger partial charge in [0.1, 0.15) is 12.4 Å². The van der Waals surface area contributed by atoms with E-state index in [0.29, 0.717) is 38.4 Å². The Morgan fingerprint density at radius 1 is 1.05 bits per heavy atom. The number of aliphatic hydroxyl groups excluding tert-OH is 1. The summed E-state index contributed by atoms with van der Waals surface area (Å²) in [6.45, 7) is 3.96. The molecule has 1 fully saturated rings. The number of nitrogens with one attached hydrogen (secondary N) is 1. The molecule has 1 saturated heterocycles. The van der Waals surface area contributed by atoms with Crippen molar-refractivity contribution in [2.45, 2.75) is 37.7 Å². The van der Waals surface area contributed by atoms with Crippen LogP contribution in [0.5, 0.6) is 5.75 Å². The number of nitrogens with zero attached hydrogens (tertiary/aromatic N) is 1. The third-order valence-electron chi connectivity index (χ3n) is 8.12. The van der Waals surface area contributed by atoms with Gasteiger partial charge in [-0.15, -0.1) is 0 Å². The molecule has 2 aliphatic heterocycles. The summed E-state index contributed by atoms with van der Waals surface area (Å²) < 4.78 is 10.9. The first kappa shape index (κ1) is 28.0. The average molecular weight is 543 g/mol. The highest BCUT2D eigenvalue weighted by atomic mass is 16.5. The molecule has 0 saturated carbocycles. The lowest BCUT2D eigenvalue weighted by Crippen LogP contribution is -2.52. The van der Waals surface area contributed by atoms with Crippen molar-refractivity contribution in [2.24, 2.45) is 5.92 Å². The number of Topliss-reactive ketones (excluding diaryl/α,β-unsaturated/α-hetero) is 1. The fraction of sp³-hybridized carbons (Fsp3) is 0.394. The molecule has 0 aromatic heterocycles. The number of methoxy groups -OCH3 is 1. The maximum Gasteiger partial charge on any atom is 0.232 e. The van der Waals surface area contributed by atoms with Crippen LogP contribution in [0.4, 0.5) is 5.69 Å². The van der Waals surface area contributed by atoms with E-state index >= 15 is 0 Å². The monoisotopic (exact) mass is 542 g/mol. The number of β-amino-alcohol motifs (C(OH)–C–C–N with tert-alkyl or cyclic N) is 1. The number of ketones is 1. The average Bonchev–Trinajstić information content (AvgIpc) is 2.99. The first-order valence-electron chi connectivity index (χ1n) is 14.2. The lowest BCUT2D eigenvalue weighted by Gasteiger charge is -2.38. The van der Waals surface area contributed by atoms with E-state index in [2.05, 4.69) is 29.6 Å². The number of carbonyl (C=O) groups excluding carboxylic acids is 2. The molecule has 0 bridgehead atoms. The van der Waals surface area contributed by atoms with Gasteiger partial charge in [0.2, 0.25) is 5.91 Å². The van der Waals surface area contributed by atoms with Crippen molar-refractivity contribution in [2.75, 3.05) is 44.9 Å². The minimum absolute atomic E-state index is 0.0492. The largest absolute Gasteiger partial charge is 0.486 e. The van der Waals surface area contributed by atoms with Gasteiger partial charge in [0.15, 0.2) is 5.78 Å². The molecule has 210 valence electrons. The van der Waals surface area contributed by atoms with Crippen LogP contribution in [0.25, 0.3) is 11.1 Å². The van der Waals surface area contributed by atoms with E-state index < -0.39 is 12.0 Å². The van der Waals surface area contributed by atoms with Crippen molar-refractivity contribution in [3.8, 4) is 16.9 Å². The van der Waals surface area contributed by atoms with E-state index in [1.165, 1.54) is 0 Å². The zero-order valence-corrected chi connectivity index (χ0v) is 23.2. The second-order valence-electron chi connectivity index (χ2n) is 10.6. The Bertz CT molecular complexity index is 1330. The van der Waals surface area contributed by atoms with E-state index in [4.69, 9.17) is 9.47 Å². The van der Waals surface area contributed by atoms with Crippen LogP contribution in [0.2, 0.25) is 0 Å². The highest BCUT2D eigenvalue weighted by Crippen LogP contribution is 2.39.